The summed E-state index contributed by atoms with van der Waals surface area (Å²) in [5, 5.41) is 0.601. The van der Waals surface area contributed by atoms with Gasteiger partial charge in [-0.15, -0.1) is 11.3 Å². The molecule has 2 aliphatic heterocycles. The van der Waals surface area contributed by atoms with Crippen molar-refractivity contribution in [1.29, 1.82) is 0 Å². The molecule has 1 fully saturated rings. The van der Waals surface area contributed by atoms with Crippen molar-refractivity contribution >= 4 is 45.0 Å². The number of piperazine rings is 1. The Kier molecular flexibility index (Phi) is 5.25. The molecule has 0 spiro atoms. The number of fused-ring (bicyclic) bond motifs is 2. The van der Waals surface area contributed by atoms with Crippen LogP contribution in [0.25, 0.3) is 10.2 Å². The van der Waals surface area contributed by atoms with E-state index in [9.17, 15) is 18.8 Å². The van der Waals surface area contributed by atoms with Gasteiger partial charge in [-0.2, -0.15) is 0 Å². The first-order chi connectivity index (χ1) is 15.3. The highest BCUT2D eigenvalue weighted by Crippen LogP contribution is 2.30. The number of carbonyl (C=O) groups excluding carboxylic acids is 2. The van der Waals surface area contributed by atoms with Crippen molar-refractivity contribution in [3.05, 3.63) is 61.2 Å². The molecule has 7 nitrogen and oxygen atoms in total. The first kappa shape index (κ1) is 21.1. The normalized spacial score (nSPS) is 16.0. The van der Waals surface area contributed by atoms with E-state index >= 15 is 0 Å². The summed E-state index contributed by atoms with van der Waals surface area (Å²) < 4.78 is 15.0. The van der Waals surface area contributed by atoms with Crippen LogP contribution in [0.4, 0.5) is 4.39 Å². The van der Waals surface area contributed by atoms with E-state index in [0.717, 1.165) is 24.7 Å². The second kappa shape index (κ2) is 7.97. The summed E-state index contributed by atoms with van der Waals surface area (Å²) in [5.74, 6) is -0.150. The molecule has 0 aliphatic carbocycles. The van der Waals surface area contributed by atoms with Crippen LogP contribution < -0.4 is 5.56 Å². The van der Waals surface area contributed by atoms with Crippen LogP contribution in [0.3, 0.4) is 0 Å². The highest BCUT2D eigenvalue weighted by Gasteiger charge is 2.30. The fraction of sp³-hybridized carbons (Fsp3) is 0.364. The molecule has 0 bridgehead atoms. The Morgan fingerprint density at radius 2 is 1.78 bits per heavy atom. The van der Waals surface area contributed by atoms with Gasteiger partial charge in [0.05, 0.1) is 20.8 Å². The van der Waals surface area contributed by atoms with Crippen LogP contribution in [-0.4, -0.2) is 57.3 Å². The molecule has 0 radical (unpaired) electrons. The lowest BCUT2D eigenvalue weighted by Gasteiger charge is -2.34. The Morgan fingerprint density at radius 3 is 2.47 bits per heavy atom. The molecule has 0 unspecified atom stereocenters. The number of nitrogens with zero attached hydrogens (tertiary/aromatic N) is 4. The van der Waals surface area contributed by atoms with E-state index in [1.54, 1.807) is 21.3 Å². The lowest BCUT2D eigenvalue weighted by Crippen LogP contribution is -2.50. The van der Waals surface area contributed by atoms with Gasteiger partial charge in [0.15, 0.2) is 0 Å². The molecule has 3 aromatic rings. The minimum atomic E-state index is -0.500. The summed E-state index contributed by atoms with van der Waals surface area (Å²) in [4.78, 5) is 47.9. The van der Waals surface area contributed by atoms with Gasteiger partial charge in [0.1, 0.15) is 16.5 Å². The molecule has 5 rings (SSSR count). The van der Waals surface area contributed by atoms with Gasteiger partial charge in [0.2, 0.25) is 0 Å². The third-order valence-electron chi connectivity index (χ3n) is 6.12. The van der Waals surface area contributed by atoms with Crippen LogP contribution in [0.5, 0.6) is 0 Å². The molecule has 166 valence electrons. The Balaban J connectivity index is 1.34. The molecule has 32 heavy (non-hydrogen) atoms. The van der Waals surface area contributed by atoms with Gasteiger partial charge in [-0.05, 0) is 37.1 Å². The van der Waals surface area contributed by atoms with E-state index in [0.29, 0.717) is 53.4 Å². The highest BCUT2D eigenvalue weighted by atomic mass is 35.5. The van der Waals surface area contributed by atoms with Gasteiger partial charge < -0.3 is 9.80 Å². The highest BCUT2D eigenvalue weighted by molar-refractivity contribution is 7.20. The van der Waals surface area contributed by atoms with Crippen LogP contribution in [-0.2, 0) is 13.0 Å². The van der Waals surface area contributed by atoms with Crippen molar-refractivity contribution in [3.63, 3.8) is 0 Å². The lowest BCUT2D eigenvalue weighted by molar-refractivity contribution is 0.0538. The summed E-state index contributed by atoms with van der Waals surface area (Å²) in [7, 11) is 0. The molecule has 2 aliphatic rings. The standard InChI is InChI=1S/C22H20ClFN4O3S/c1-12-17-19(25-16-3-2-6-28(16)21(17)30)32-18(12)22(31)27-9-7-26(8-10-27)20(29)14-5-4-13(24)11-15(14)23/h4-5,11H,2-3,6-10H2,1H3. The fourth-order valence-electron chi connectivity index (χ4n) is 4.37. The number of carbonyl (C=O) groups is 2. The van der Waals surface area contributed by atoms with Crippen LogP contribution in [0.2, 0.25) is 5.02 Å². The Labute approximate surface area is 192 Å². The number of halogens is 2. The van der Waals surface area contributed by atoms with Crippen LogP contribution in [0.15, 0.2) is 23.0 Å². The number of benzene rings is 1. The maximum atomic E-state index is 13.3. The van der Waals surface area contributed by atoms with Gasteiger partial charge in [-0.3, -0.25) is 19.0 Å². The number of thiophene rings is 1. The number of hydrogen-bond acceptors (Lipinski definition) is 5. The molecule has 2 amide bonds. The molecular formula is C22H20ClFN4O3S. The number of rotatable bonds is 2. The minimum Gasteiger partial charge on any atom is -0.335 e. The van der Waals surface area contributed by atoms with E-state index in [1.165, 1.54) is 23.5 Å². The first-order valence-corrected chi connectivity index (χ1v) is 11.6. The zero-order valence-electron chi connectivity index (χ0n) is 17.4. The minimum absolute atomic E-state index is 0.0677. The average Bonchev–Trinajstić information content (AvgIpc) is 3.38. The Bertz CT molecular complexity index is 1330. The predicted molar refractivity (Wildman–Crippen MR) is 120 cm³/mol. The van der Waals surface area contributed by atoms with Crippen molar-refractivity contribution < 1.29 is 14.0 Å². The fourth-order valence-corrected chi connectivity index (χ4v) is 5.78. The SMILES string of the molecule is Cc1c(C(=O)N2CCN(C(=O)c3ccc(F)cc3Cl)CC2)sc2nc3n(c(=O)c12)CCC3. The largest absolute Gasteiger partial charge is 0.335 e. The summed E-state index contributed by atoms with van der Waals surface area (Å²) in [5.41, 5.74) is 0.848. The zero-order valence-corrected chi connectivity index (χ0v) is 18.9. The quantitative estimate of drug-likeness (QED) is 0.572. The van der Waals surface area contributed by atoms with Gasteiger partial charge >= 0.3 is 0 Å². The molecule has 2 aromatic heterocycles. The van der Waals surface area contributed by atoms with Crippen molar-refractivity contribution in [1.82, 2.24) is 19.4 Å². The van der Waals surface area contributed by atoms with Crippen molar-refractivity contribution in [2.24, 2.45) is 0 Å². The summed E-state index contributed by atoms with van der Waals surface area (Å²) >= 11 is 7.29. The smallest absolute Gasteiger partial charge is 0.264 e. The van der Waals surface area contributed by atoms with Crippen LogP contribution >= 0.6 is 22.9 Å². The van der Waals surface area contributed by atoms with Crippen molar-refractivity contribution in [2.75, 3.05) is 26.2 Å². The van der Waals surface area contributed by atoms with Gasteiger partial charge in [-0.1, -0.05) is 11.6 Å². The van der Waals surface area contributed by atoms with Crippen LogP contribution in [0, 0.1) is 12.7 Å². The third-order valence-corrected chi connectivity index (χ3v) is 7.61. The topological polar surface area (TPSA) is 75.5 Å². The molecule has 1 aromatic carbocycles. The second-order valence-electron chi connectivity index (χ2n) is 8.03. The summed E-state index contributed by atoms with van der Waals surface area (Å²) in [6.45, 7) is 3.88. The maximum absolute atomic E-state index is 13.3. The monoisotopic (exact) mass is 474 g/mol. The van der Waals surface area contributed by atoms with E-state index < -0.39 is 5.82 Å². The maximum Gasteiger partial charge on any atom is 0.264 e. The third kappa shape index (κ3) is 3.40. The van der Waals surface area contributed by atoms with Crippen LogP contribution in [0.1, 0.15) is 37.8 Å². The Hall–Kier alpha value is -2.78. The van der Waals surface area contributed by atoms with E-state index in [1.807, 2.05) is 0 Å². The first-order valence-electron chi connectivity index (χ1n) is 10.4. The molecule has 0 atom stereocenters. The number of aryl methyl sites for hydroxylation is 2. The van der Waals surface area contributed by atoms with Gasteiger partial charge in [0, 0.05) is 39.1 Å². The van der Waals surface area contributed by atoms with Crippen molar-refractivity contribution in [3.8, 4) is 0 Å². The predicted octanol–water partition coefficient (Wildman–Crippen LogP) is 3.10. The lowest BCUT2D eigenvalue weighted by atomic mass is 10.1. The summed E-state index contributed by atoms with van der Waals surface area (Å²) in [6.07, 6.45) is 1.69. The molecule has 10 heteroatoms. The Morgan fingerprint density at radius 1 is 1.09 bits per heavy atom. The molecule has 4 heterocycles. The van der Waals surface area contributed by atoms with E-state index in [2.05, 4.69) is 4.98 Å². The number of aromatic nitrogens is 2. The summed E-state index contributed by atoms with van der Waals surface area (Å²) in [6, 6.07) is 3.70. The number of amides is 2. The molecule has 1 saturated heterocycles. The van der Waals surface area contributed by atoms with E-state index in [-0.39, 0.29) is 28.0 Å². The van der Waals surface area contributed by atoms with E-state index in [4.69, 9.17) is 11.6 Å². The van der Waals surface area contributed by atoms with Gasteiger partial charge in [0.25, 0.3) is 17.4 Å². The molecular weight excluding hydrogens is 455 g/mol. The zero-order chi connectivity index (χ0) is 22.6. The van der Waals surface area contributed by atoms with Crippen molar-refractivity contribution in [2.45, 2.75) is 26.3 Å². The van der Waals surface area contributed by atoms with Gasteiger partial charge in [-0.25, -0.2) is 9.37 Å². The number of hydrogen-bond donors (Lipinski definition) is 0. The average molecular weight is 475 g/mol. The molecule has 0 saturated carbocycles. The second-order valence-corrected chi connectivity index (χ2v) is 9.44. The molecule has 0 N–H and O–H groups in total.